The Morgan fingerprint density at radius 1 is 0.763 bits per heavy atom. The van der Waals surface area contributed by atoms with Gasteiger partial charge in [0.2, 0.25) is 0 Å². The summed E-state index contributed by atoms with van der Waals surface area (Å²) in [6.07, 6.45) is 0. The van der Waals surface area contributed by atoms with Crippen LogP contribution < -0.4 is 0 Å². The van der Waals surface area contributed by atoms with E-state index in [1.165, 1.54) is 0 Å². The molecule has 2 aromatic carbocycles. The van der Waals surface area contributed by atoms with Crippen LogP contribution in [-0.2, 0) is 39.1 Å². The van der Waals surface area contributed by atoms with E-state index >= 15 is 0 Å². The first-order chi connectivity index (χ1) is 18.5. The van der Waals surface area contributed by atoms with Crippen molar-refractivity contribution in [3.8, 4) is 22.8 Å². The normalized spacial score (nSPS) is 11.3. The maximum Gasteiger partial charge on any atom is 0.155 e. The van der Waals surface area contributed by atoms with Crippen molar-refractivity contribution in [3.63, 3.8) is 0 Å². The van der Waals surface area contributed by atoms with Gasteiger partial charge in [0.15, 0.2) is 5.76 Å². The summed E-state index contributed by atoms with van der Waals surface area (Å²) in [5.74, 6) is 1.45. The maximum absolute atomic E-state index is 9.25. The van der Waals surface area contributed by atoms with Gasteiger partial charge in [-0.3, -0.25) is 9.36 Å². The molecule has 0 spiro atoms. The molecule has 0 aliphatic heterocycles. The highest BCUT2D eigenvalue weighted by Gasteiger charge is 2.15. The molecular formula is C29H31N5O4. The zero-order valence-corrected chi connectivity index (χ0v) is 21.7. The van der Waals surface area contributed by atoms with Crippen molar-refractivity contribution in [1.29, 1.82) is 0 Å². The van der Waals surface area contributed by atoms with E-state index in [2.05, 4.69) is 22.3 Å². The summed E-state index contributed by atoms with van der Waals surface area (Å²) in [4.78, 5) is 0. The summed E-state index contributed by atoms with van der Waals surface area (Å²) in [5.41, 5.74) is 5.87. The van der Waals surface area contributed by atoms with Crippen molar-refractivity contribution in [2.24, 2.45) is 21.1 Å². The number of nitrogens with zero attached hydrogens (tertiary/aromatic N) is 5. The van der Waals surface area contributed by atoms with E-state index < -0.39 is 0 Å². The Kier molecular flexibility index (Phi) is 7.41. The molecule has 0 fully saturated rings. The number of ether oxygens (including phenoxy) is 1. The number of hydrogen-bond acceptors (Lipinski definition) is 6. The summed E-state index contributed by atoms with van der Waals surface area (Å²) in [7, 11) is 5.81. The number of aryl methyl sites for hydroxylation is 2. The lowest BCUT2D eigenvalue weighted by atomic mass is 10.2. The average molecular weight is 514 g/mol. The Hall–Kier alpha value is -4.18. The Balaban J connectivity index is 0.000000156. The van der Waals surface area contributed by atoms with Crippen molar-refractivity contribution in [2.75, 3.05) is 13.2 Å². The largest absolute Gasteiger partial charge is 0.457 e. The molecule has 9 heteroatoms. The van der Waals surface area contributed by atoms with Crippen LogP contribution >= 0.6 is 0 Å². The highest BCUT2D eigenvalue weighted by molar-refractivity contribution is 5.93. The molecular weight excluding hydrogens is 482 g/mol. The predicted molar refractivity (Wildman–Crippen MR) is 146 cm³/mol. The van der Waals surface area contributed by atoms with Crippen molar-refractivity contribution < 1.29 is 19.4 Å². The van der Waals surface area contributed by atoms with E-state index in [1.807, 2.05) is 95.7 Å². The van der Waals surface area contributed by atoms with Crippen LogP contribution in [0.15, 0.2) is 77.2 Å². The number of rotatable bonds is 7. The highest BCUT2D eigenvalue weighted by atomic mass is 16.5. The zero-order valence-electron chi connectivity index (χ0n) is 21.7. The second-order valence-electron chi connectivity index (χ2n) is 8.95. The minimum Gasteiger partial charge on any atom is -0.457 e. The molecule has 0 atom stereocenters. The second kappa shape index (κ2) is 11.1. The van der Waals surface area contributed by atoms with Crippen molar-refractivity contribution in [2.45, 2.75) is 13.2 Å². The molecule has 0 saturated carbocycles. The number of furan rings is 1. The van der Waals surface area contributed by atoms with Crippen LogP contribution in [0.3, 0.4) is 0 Å². The molecule has 6 aromatic rings. The molecule has 9 nitrogen and oxygen atoms in total. The molecule has 196 valence electrons. The minimum atomic E-state index is 0.0123. The highest BCUT2D eigenvalue weighted by Crippen LogP contribution is 2.30. The monoisotopic (exact) mass is 513 g/mol. The number of hydrogen-bond donors (Lipinski definition) is 2. The molecule has 0 saturated heterocycles. The maximum atomic E-state index is 9.25. The third-order valence-corrected chi connectivity index (χ3v) is 6.52. The summed E-state index contributed by atoms with van der Waals surface area (Å²) in [5, 5.41) is 29.2. The third kappa shape index (κ3) is 4.87. The van der Waals surface area contributed by atoms with Gasteiger partial charge < -0.3 is 23.9 Å². The molecule has 0 radical (unpaired) electrons. The van der Waals surface area contributed by atoms with Crippen LogP contribution in [0.5, 0.6) is 0 Å². The molecule has 6 rings (SSSR count). The van der Waals surface area contributed by atoms with Gasteiger partial charge in [-0.15, -0.1) is 0 Å². The van der Waals surface area contributed by atoms with Gasteiger partial charge in [0.25, 0.3) is 0 Å². The molecule has 0 bridgehead atoms. The minimum absolute atomic E-state index is 0.0123. The van der Waals surface area contributed by atoms with Gasteiger partial charge in [-0.2, -0.15) is 10.2 Å². The van der Waals surface area contributed by atoms with Gasteiger partial charge in [0, 0.05) is 37.6 Å². The lowest BCUT2D eigenvalue weighted by Gasteiger charge is -2.03. The number of benzene rings is 2. The quantitative estimate of drug-likeness (QED) is 0.307. The first-order valence-electron chi connectivity index (χ1n) is 12.4. The molecule has 0 unspecified atom stereocenters. The van der Waals surface area contributed by atoms with Gasteiger partial charge in [-0.1, -0.05) is 36.4 Å². The number of aliphatic hydroxyl groups excluding tert-OH is 2. The second-order valence-corrected chi connectivity index (χ2v) is 8.95. The van der Waals surface area contributed by atoms with E-state index in [-0.39, 0.29) is 13.2 Å². The molecule has 2 N–H and O–H groups in total. The average Bonchev–Trinajstić information content (AvgIpc) is 3.71. The molecule has 0 amide bonds. The molecule has 38 heavy (non-hydrogen) atoms. The van der Waals surface area contributed by atoms with E-state index in [1.54, 1.807) is 0 Å². The van der Waals surface area contributed by atoms with Crippen LogP contribution in [-0.4, -0.2) is 47.6 Å². The fraction of sp³-hybridized carbons (Fsp3) is 0.241. The summed E-state index contributed by atoms with van der Waals surface area (Å²) in [6, 6.07) is 23.9. The Labute approximate surface area is 220 Å². The van der Waals surface area contributed by atoms with Crippen LogP contribution in [0, 0.1) is 0 Å². The number of aromatic nitrogens is 5. The van der Waals surface area contributed by atoms with E-state index in [9.17, 15) is 5.11 Å². The molecule has 4 heterocycles. The van der Waals surface area contributed by atoms with Gasteiger partial charge in [0.05, 0.1) is 36.5 Å². The molecule has 4 aromatic heterocycles. The SMILES string of the molecule is Cn1c(CO)ccc1-c1nn(C)c2ccccc12.Cn1nc(-c2ccc(COCCO)o2)c2ccccc21. The van der Waals surface area contributed by atoms with Crippen LogP contribution in [0.2, 0.25) is 0 Å². The Morgan fingerprint density at radius 3 is 2.03 bits per heavy atom. The number of aliphatic hydroxyl groups is 2. The van der Waals surface area contributed by atoms with Crippen LogP contribution in [0.1, 0.15) is 11.5 Å². The van der Waals surface area contributed by atoms with Crippen LogP contribution in [0.4, 0.5) is 0 Å². The zero-order chi connectivity index (χ0) is 26.6. The third-order valence-electron chi connectivity index (χ3n) is 6.52. The van der Waals surface area contributed by atoms with E-state index in [4.69, 9.17) is 14.3 Å². The molecule has 0 aliphatic rings. The fourth-order valence-corrected chi connectivity index (χ4v) is 4.57. The van der Waals surface area contributed by atoms with Crippen molar-refractivity contribution >= 4 is 21.8 Å². The van der Waals surface area contributed by atoms with Crippen LogP contribution in [0.25, 0.3) is 44.6 Å². The number of para-hydroxylation sites is 2. The van der Waals surface area contributed by atoms with Crippen molar-refractivity contribution in [3.05, 3.63) is 84.3 Å². The first kappa shape index (κ1) is 25.5. The summed E-state index contributed by atoms with van der Waals surface area (Å²) < 4.78 is 16.7. The van der Waals surface area contributed by atoms with E-state index in [0.717, 1.165) is 56.1 Å². The fourth-order valence-electron chi connectivity index (χ4n) is 4.57. The topological polar surface area (TPSA) is 103 Å². The van der Waals surface area contributed by atoms with Gasteiger partial charge in [0.1, 0.15) is 23.8 Å². The smallest absolute Gasteiger partial charge is 0.155 e. The number of fused-ring (bicyclic) bond motifs is 2. The van der Waals surface area contributed by atoms with Gasteiger partial charge in [-0.05, 0) is 36.4 Å². The first-order valence-corrected chi connectivity index (χ1v) is 12.4. The Morgan fingerprint density at radius 2 is 1.39 bits per heavy atom. The summed E-state index contributed by atoms with van der Waals surface area (Å²) in [6.45, 7) is 0.716. The summed E-state index contributed by atoms with van der Waals surface area (Å²) >= 11 is 0. The van der Waals surface area contributed by atoms with Crippen molar-refractivity contribution in [1.82, 2.24) is 24.1 Å². The lowest BCUT2D eigenvalue weighted by molar-refractivity contribution is 0.0718. The standard InChI is InChI=1S/C15H16N2O3.C14H15N3O/c1-17-13-5-3-2-4-12(13)15(16-17)14-7-6-11(20-14)10-19-9-8-18;1-16-10(9-18)7-8-13(16)14-11-5-3-4-6-12(11)17(2)15-14/h2-7,18H,8-10H2,1H3;3-8,18H,9H2,1-2H3. The van der Waals surface area contributed by atoms with Gasteiger partial charge in [-0.25, -0.2) is 0 Å². The molecule has 0 aliphatic carbocycles. The lowest BCUT2D eigenvalue weighted by Crippen LogP contribution is -1.98. The Bertz CT molecular complexity index is 1670. The van der Waals surface area contributed by atoms with E-state index in [0.29, 0.717) is 13.2 Å². The predicted octanol–water partition coefficient (Wildman–Crippen LogP) is 4.41. The van der Waals surface area contributed by atoms with Gasteiger partial charge >= 0.3 is 0 Å².